The zero-order chi connectivity index (χ0) is 14.0. The molecular weight excluding hydrogens is 246 g/mol. The van der Waals surface area contributed by atoms with E-state index in [1.807, 2.05) is 0 Å². The van der Waals surface area contributed by atoms with Crippen molar-refractivity contribution in [3.05, 3.63) is 0 Å². The Morgan fingerprint density at radius 2 is 1.95 bits per heavy atom. The van der Waals surface area contributed by atoms with Crippen LogP contribution in [0.15, 0.2) is 0 Å². The first-order valence-electron chi connectivity index (χ1n) is 9.00. The average molecular weight is 279 g/mol. The van der Waals surface area contributed by atoms with Gasteiger partial charge in [0.25, 0.3) is 0 Å². The van der Waals surface area contributed by atoms with Gasteiger partial charge in [-0.15, -0.1) is 0 Å². The fraction of sp³-hybridized carbons (Fsp3) is 1.00. The maximum absolute atomic E-state index is 6.36. The van der Waals surface area contributed by atoms with Gasteiger partial charge < -0.3 is 10.6 Å². The molecule has 3 fully saturated rings. The first-order chi connectivity index (χ1) is 9.79. The van der Waals surface area contributed by atoms with Gasteiger partial charge in [-0.2, -0.15) is 0 Å². The van der Waals surface area contributed by atoms with E-state index in [1.54, 1.807) is 0 Å². The maximum Gasteiger partial charge on any atom is 0.0361 e. The fourth-order valence-corrected chi connectivity index (χ4v) is 5.10. The molecule has 20 heavy (non-hydrogen) atoms. The Morgan fingerprint density at radius 3 is 2.75 bits per heavy atom. The summed E-state index contributed by atoms with van der Waals surface area (Å²) in [4.78, 5) is 5.60. The van der Waals surface area contributed by atoms with Gasteiger partial charge in [0.15, 0.2) is 0 Å². The Balaban J connectivity index is 1.79. The quantitative estimate of drug-likeness (QED) is 0.862. The normalized spacial score (nSPS) is 40.5. The van der Waals surface area contributed by atoms with Crippen LogP contribution in [0.1, 0.15) is 64.7 Å². The highest BCUT2D eigenvalue weighted by Crippen LogP contribution is 2.39. The van der Waals surface area contributed by atoms with Gasteiger partial charge in [0, 0.05) is 30.7 Å². The molecule has 0 aromatic rings. The molecule has 3 aliphatic heterocycles. The largest absolute Gasteiger partial charge is 0.329 e. The lowest BCUT2D eigenvalue weighted by Gasteiger charge is -2.52. The SMILES string of the molecule is CCC1CCCCCN1C1(CN)CCN2CCCC2C1. The lowest BCUT2D eigenvalue weighted by molar-refractivity contribution is -0.0164. The van der Waals surface area contributed by atoms with E-state index in [4.69, 9.17) is 5.73 Å². The Kier molecular flexibility index (Phi) is 4.68. The molecule has 3 nitrogen and oxygen atoms in total. The second-order valence-electron chi connectivity index (χ2n) is 7.32. The molecule has 0 spiro atoms. The third-order valence-electron chi connectivity index (χ3n) is 6.32. The summed E-state index contributed by atoms with van der Waals surface area (Å²) in [5, 5.41) is 0. The van der Waals surface area contributed by atoms with Gasteiger partial charge >= 0.3 is 0 Å². The summed E-state index contributed by atoms with van der Waals surface area (Å²) in [6, 6.07) is 1.61. The summed E-state index contributed by atoms with van der Waals surface area (Å²) >= 11 is 0. The number of piperidine rings is 1. The van der Waals surface area contributed by atoms with E-state index >= 15 is 0 Å². The second-order valence-corrected chi connectivity index (χ2v) is 7.32. The molecule has 116 valence electrons. The minimum absolute atomic E-state index is 0.316. The van der Waals surface area contributed by atoms with Gasteiger partial charge in [-0.25, -0.2) is 0 Å². The molecule has 0 amide bonds. The Morgan fingerprint density at radius 1 is 1.05 bits per heavy atom. The molecule has 0 bridgehead atoms. The summed E-state index contributed by atoms with van der Waals surface area (Å²) in [7, 11) is 0. The molecule has 3 saturated heterocycles. The number of fused-ring (bicyclic) bond motifs is 1. The lowest BCUT2D eigenvalue weighted by atomic mass is 9.80. The van der Waals surface area contributed by atoms with Crippen molar-refractivity contribution in [2.24, 2.45) is 5.73 Å². The molecule has 3 rings (SSSR count). The van der Waals surface area contributed by atoms with Gasteiger partial charge in [0.1, 0.15) is 0 Å². The standard InChI is InChI=1S/C17H33N3/c1-2-15-7-4-3-5-11-20(15)17(14-18)9-12-19-10-6-8-16(19)13-17/h15-16H,2-14,18H2,1H3. The molecule has 0 radical (unpaired) electrons. The highest BCUT2D eigenvalue weighted by Gasteiger charge is 2.46. The van der Waals surface area contributed by atoms with Crippen LogP contribution in [-0.2, 0) is 0 Å². The third kappa shape index (κ3) is 2.65. The number of nitrogens with two attached hydrogens (primary N) is 1. The fourth-order valence-electron chi connectivity index (χ4n) is 5.10. The van der Waals surface area contributed by atoms with Crippen molar-refractivity contribution in [2.45, 2.75) is 82.3 Å². The summed E-state index contributed by atoms with van der Waals surface area (Å²) in [6.07, 6.45) is 12.4. The van der Waals surface area contributed by atoms with Crippen molar-refractivity contribution in [3.8, 4) is 0 Å². The number of hydrogen-bond acceptors (Lipinski definition) is 3. The summed E-state index contributed by atoms with van der Waals surface area (Å²) in [6.45, 7) is 7.16. The Hall–Kier alpha value is -0.120. The van der Waals surface area contributed by atoms with E-state index in [-0.39, 0.29) is 0 Å². The molecule has 3 heteroatoms. The van der Waals surface area contributed by atoms with Gasteiger partial charge in [0.05, 0.1) is 0 Å². The number of rotatable bonds is 3. The highest BCUT2D eigenvalue weighted by molar-refractivity contribution is 5.03. The Labute approximate surface area is 124 Å². The van der Waals surface area contributed by atoms with Crippen LogP contribution in [0.5, 0.6) is 0 Å². The van der Waals surface area contributed by atoms with Gasteiger partial charge in [-0.3, -0.25) is 4.90 Å². The number of nitrogens with zero attached hydrogens (tertiary/aromatic N) is 2. The van der Waals surface area contributed by atoms with E-state index in [9.17, 15) is 0 Å². The zero-order valence-corrected chi connectivity index (χ0v) is 13.3. The monoisotopic (exact) mass is 279 g/mol. The van der Waals surface area contributed by atoms with Crippen molar-refractivity contribution < 1.29 is 0 Å². The van der Waals surface area contributed by atoms with Crippen LogP contribution in [0.25, 0.3) is 0 Å². The van der Waals surface area contributed by atoms with Gasteiger partial charge in [0.2, 0.25) is 0 Å². The Bertz CT molecular complexity index is 319. The van der Waals surface area contributed by atoms with Crippen molar-refractivity contribution >= 4 is 0 Å². The van der Waals surface area contributed by atoms with E-state index in [1.165, 1.54) is 77.4 Å². The molecular formula is C17H33N3. The molecule has 3 unspecified atom stereocenters. The van der Waals surface area contributed by atoms with Crippen molar-refractivity contribution in [3.63, 3.8) is 0 Å². The smallest absolute Gasteiger partial charge is 0.0361 e. The average Bonchev–Trinajstić information content (AvgIpc) is 2.81. The lowest BCUT2D eigenvalue weighted by Crippen LogP contribution is -2.63. The molecule has 2 N–H and O–H groups in total. The molecule has 3 atom stereocenters. The minimum Gasteiger partial charge on any atom is -0.329 e. The van der Waals surface area contributed by atoms with Crippen LogP contribution in [0, 0.1) is 0 Å². The van der Waals surface area contributed by atoms with Crippen molar-refractivity contribution in [1.29, 1.82) is 0 Å². The predicted octanol–water partition coefficient (Wildman–Crippen LogP) is 2.60. The highest BCUT2D eigenvalue weighted by atomic mass is 15.3. The van der Waals surface area contributed by atoms with Crippen molar-refractivity contribution in [1.82, 2.24) is 9.80 Å². The first-order valence-corrected chi connectivity index (χ1v) is 9.00. The molecule has 0 aliphatic carbocycles. The zero-order valence-electron chi connectivity index (χ0n) is 13.3. The molecule has 0 aromatic carbocycles. The first kappa shape index (κ1) is 14.8. The molecule has 3 heterocycles. The van der Waals surface area contributed by atoms with Crippen LogP contribution in [0.3, 0.4) is 0 Å². The number of likely N-dealkylation sites (tertiary alicyclic amines) is 1. The van der Waals surface area contributed by atoms with Crippen molar-refractivity contribution in [2.75, 3.05) is 26.2 Å². The van der Waals surface area contributed by atoms with Crippen LogP contribution < -0.4 is 5.73 Å². The molecule has 3 aliphatic rings. The van der Waals surface area contributed by atoms with Crippen LogP contribution >= 0.6 is 0 Å². The summed E-state index contributed by atoms with van der Waals surface area (Å²) in [5.74, 6) is 0. The number of hydrogen-bond donors (Lipinski definition) is 1. The second kappa shape index (κ2) is 6.33. The van der Waals surface area contributed by atoms with Gasteiger partial charge in [-0.05, 0) is 58.0 Å². The van der Waals surface area contributed by atoms with E-state index in [0.29, 0.717) is 5.54 Å². The summed E-state index contributed by atoms with van der Waals surface area (Å²) < 4.78 is 0. The summed E-state index contributed by atoms with van der Waals surface area (Å²) in [5.41, 5.74) is 6.68. The van der Waals surface area contributed by atoms with E-state index in [2.05, 4.69) is 16.7 Å². The van der Waals surface area contributed by atoms with Crippen LogP contribution in [0.2, 0.25) is 0 Å². The van der Waals surface area contributed by atoms with Gasteiger partial charge in [-0.1, -0.05) is 19.8 Å². The topological polar surface area (TPSA) is 32.5 Å². The third-order valence-corrected chi connectivity index (χ3v) is 6.32. The molecule has 0 saturated carbocycles. The predicted molar refractivity (Wildman–Crippen MR) is 84.9 cm³/mol. The maximum atomic E-state index is 6.36. The van der Waals surface area contributed by atoms with Crippen LogP contribution in [0.4, 0.5) is 0 Å². The van der Waals surface area contributed by atoms with Crippen LogP contribution in [-0.4, -0.2) is 53.6 Å². The van der Waals surface area contributed by atoms with E-state index in [0.717, 1.165) is 18.6 Å². The molecule has 0 aromatic heterocycles. The van der Waals surface area contributed by atoms with E-state index < -0.39 is 0 Å². The minimum atomic E-state index is 0.316.